The first kappa shape index (κ1) is 18.8. The van der Waals surface area contributed by atoms with E-state index in [0.29, 0.717) is 39.3 Å². The van der Waals surface area contributed by atoms with Crippen molar-refractivity contribution in [3.63, 3.8) is 0 Å². The van der Waals surface area contributed by atoms with E-state index in [1.54, 1.807) is 9.80 Å². The number of carbonyl (C=O) groups excluding carboxylic acids is 2. The van der Waals surface area contributed by atoms with E-state index >= 15 is 0 Å². The highest BCUT2D eigenvalue weighted by atomic mass is 16.6. The summed E-state index contributed by atoms with van der Waals surface area (Å²) in [5, 5.41) is 2.85. The van der Waals surface area contributed by atoms with Crippen LogP contribution in [0, 0.1) is 0 Å². The van der Waals surface area contributed by atoms with Crippen molar-refractivity contribution < 1.29 is 14.3 Å². The first-order valence-corrected chi connectivity index (χ1v) is 9.39. The number of nitrogens with zero attached hydrogens (tertiary/aromatic N) is 2. The van der Waals surface area contributed by atoms with E-state index in [-0.39, 0.29) is 18.2 Å². The molecule has 1 saturated carbocycles. The van der Waals surface area contributed by atoms with Crippen molar-refractivity contribution in [3.8, 4) is 0 Å². The smallest absolute Gasteiger partial charge is 0.410 e. The largest absolute Gasteiger partial charge is 0.446 e. The predicted molar refractivity (Wildman–Crippen MR) is 92.8 cm³/mol. The Morgan fingerprint density at radius 2 is 1.54 bits per heavy atom. The highest BCUT2D eigenvalue weighted by Crippen LogP contribution is 2.20. The third kappa shape index (κ3) is 6.19. The average molecular weight is 340 g/mol. The fourth-order valence-electron chi connectivity index (χ4n) is 3.25. The molecule has 0 aromatic rings. The average Bonchev–Trinajstić information content (AvgIpc) is 2.57. The van der Waals surface area contributed by atoms with Crippen LogP contribution in [0.3, 0.4) is 0 Å². The molecule has 24 heavy (non-hydrogen) atoms. The topological polar surface area (TPSA) is 87.9 Å². The van der Waals surface area contributed by atoms with Gasteiger partial charge in [-0.15, -0.1) is 0 Å². The minimum Gasteiger partial charge on any atom is -0.446 e. The molecular weight excluding hydrogens is 308 g/mol. The molecule has 0 aromatic heterocycles. The summed E-state index contributed by atoms with van der Waals surface area (Å²) < 4.78 is 5.70. The second-order valence-electron chi connectivity index (χ2n) is 6.70. The van der Waals surface area contributed by atoms with Crippen LogP contribution in [0.15, 0.2) is 0 Å². The van der Waals surface area contributed by atoms with Gasteiger partial charge in [0.05, 0.1) is 0 Å². The molecule has 7 nitrogen and oxygen atoms in total. The lowest BCUT2D eigenvalue weighted by atomic mass is 9.99. The highest BCUT2D eigenvalue weighted by molar-refractivity contribution is 5.75. The van der Waals surface area contributed by atoms with Gasteiger partial charge in [-0.2, -0.15) is 0 Å². The molecule has 1 saturated heterocycles. The number of amides is 3. The molecule has 3 amide bonds. The van der Waals surface area contributed by atoms with Crippen LogP contribution in [0.2, 0.25) is 0 Å². The zero-order valence-corrected chi connectivity index (χ0v) is 14.7. The molecule has 0 atom stereocenters. The molecule has 0 radical (unpaired) electrons. The van der Waals surface area contributed by atoms with Crippen molar-refractivity contribution >= 4 is 12.1 Å². The van der Waals surface area contributed by atoms with Gasteiger partial charge in [0.15, 0.2) is 0 Å². The summed E-state index contributed by atoms with van der Waals surface area (Å²) in [6.07, 6.45) is 8.67. The molecule has 0 unspecified atom stereocenters. The second kappa shape index (κ2) is 10.4. The molecule has 0 aromatic carbocycles. The maximum absolute atomic E-state index is 12.3. The Morgan fingerprint density at radius 3 is 2.17 bits per heavy atom. The van der Waals surface area contributed by atoms with Gasteiger partial charge in [-0.25, -0.2) is 9.59 Å². The summed E-state index contributed by atoms with van der Waals surface area (Å²) in [6, 6.07) is -0.0727. The fraction of sp³-hybridized carbons (Fsp3) is 0.882. The first-order chi connectivity index (χ1) is 11.7. The van der Waals surface area contributed by atoms with Crippen LogP contribution in [-0.4, -0.2) is 67.3 Å². The van der Waals surface area contributed by atoms with Crippen LogP contribution in [0.5, 0.6) is 0 Å². The maximum atomic E-state index is 12.3. The van der Waals surface area contributed by atoms with E-state index in [9.17, 15) is 9.59 Å². The monoisotopic (exact) mass is 340 g/mol. The minimum absolute atomic E-state index is 0.0652. The summed E-state index contributed by atoms with van der Waals surface area (Å²) in [7, 11) is 0. The van der Waals surface area contributed by atoms with E-state index in [1.807, 2.05) is 0 Å². The molecular formula is C17H32N4O3. The van der Waals surface area contributed by atoms with E-state index in [0.717, 1.165) is 32.1 Å². The number of rotatable bonds is 4. The van der Waals surface area contributed by atoms with Crippen LogP contribution >= 0.6 is 0 Å². The zero-order valence-electron chi connectivity index (χ0n) is 14.7. The van der Waals surface area contributed by atoms with Gasteiger partial charge < -0.3 is 25.6 Å². The Hall–Kier alpha value is -1.50. The number of carbonyl (C=O) groups is 2. The van der Waals surface area contributed by atoms with Crippen molar-refractivity contribution in [1.29, 1.82) is 0 Å². The zero-order chi connectivity index (χ0) is 17.2. The molecule has 0 spiro atoms. The number of nitrogens with one attached hydrogen (secondary N) is 1. The van der Waals surface area contributed by atoms with Gasteiger partial charge in [0.25, 0.3) is 0 Å². The molecule has 1 aliphatic heterocycles. The number of hydrogen-bond acceptors (Lipinski definition) is 4. The van der Waals surface area contributed by atoms with E-state index in [1.165, 1.54) is 19.3 Å². The van der Waals surface area contributed by atoms with Crippen molar-refractivity contribution in [2.75, 3.05) is 39.3 Å². The summed E-state index contributed by atoms with van der Waals surface area (Å²) >= 11 is 0. The molecule has 3 N–H and O–H groups in total. The van der Waals surface area contributed by atoms with Crippen molar-refractivity contribution in [1.82, 2.24) is 15.1 Å². The van der Waals surface area contributed by atoms with E-state index in [4.69, 9.17) is 10.5 Å². The van der Waals surface area contributed by atoms with E-state index in [2.05, 4.69) is 5.32 Å². The Morgan fingerprint density at radius 1 is 0.958 bits per heavy atom. The second-order valence-corrected chi connectivity index (χ2v) is 6.70. The fourth-order valence-corrected chi connectivity index (χ4v) is 3.25. The molecule has 138 valence electrons. The van der Waals surface area contributed by atoms with Crippen molar-refractivity contribution in [2.24, 2.45) is 5.73 Å². The van der Waals surface area contributed by atoms with Crippen molar-refractivity contribution in [2.45, 2.75) is 57.5 Å². The third-order valence-electron chi connectivity index (χ3n) is 4.80. The van der Waals surface area contributed by atoms with Gasteiger partial charge in [0, 0.05) is 32.7 Å². The number of nitrogens with two attached hydrogens (primary N) is 1. The van der Waals surface area contributed by atoms with E-state index < -0.39 is 0 Å². The Bertz CT molecular complexity index is 389. The van der Waals surface area contributed by atoms with Crippen LogP contribution in [0.25, 0.3) is 0 Å². The Labute approximate surface area is 144 Å². The Kier molecular flexibility index (Phi) is 8.15. The quantitative estimate of drug-likeness (QED) is 0.765. The first-order valence-electron chi connectivity index (χ1n) is 9.39. The van der Waals surface area contributed by atoms with Gasteiger partial charge in [-0.1, -0.05) is 19.3 Å². The van der Waals surface area contributed by atoms with Crippen molar-refractivity contribution in [3.05, 3.63) is 0 Å². The molecule has 2 rings (SSSR count). The number of urea groups is 1. The summed E-state index contributed by atoms with van der Waals surface area (Å²) in [4.78, 5) is 27.8. The van der Waals surface area contributed by atoms with Crippen LogP contribution in [0.1, 0.15) is 51.4 Å². The number of piperazine rings is 1. The van der Waals surface area contributed by atoms with Gasteiger partial charge in [0.1, 0.15) is 6.10 Å². The molecule has 1 heterocycles. The maximum Gasteiger partial charge on any atom is 0.410 e. The lowest BCUT2D eigenvalue weighted by molar-refractivity contribution is 0.0401. The molecule has 2 fully saturated rings. The SMILES string of the molecule is NCCCNC(=O)N1CCN(C(=O)OC2CCCCCCC2)CC1. The third-order valence-corrected chi connectivity index (χ3v) is 4.80. The van der Waals surface area contributed by atoms with Gasteiger partial charge in [-0.05, 0) is 38.6 Å². The predicted octanol–water partition coefficient (Wildman–Crippen LogP) is 1.91. The summed E-state index contributed by atoms with van der Waals surface area (Å²) in [5.74, 6) is 0. The summed E-state index contributed by atoms with van der Waals surface area (Å²) in [5.41, 5.74) is 5.42. The summed E-state index contributed by atoms with van der Waals surface area (Å²) in [6.45, 7) is 3.34. The van der Waals surface area contributed by atoms with Crippen LogP contribution in [-0.2, 0) is 4.74 Å². The van der Waals surface area contributed by atoms with Crippen LogP contribution < -0.4 is 11.1 Å². The lowest BCUT2D eigenvalue weighted by Crippen LogP contribution is -2.53. The molecule has 0 bridgehead atoms. The molecule has 7 heteroatoms. The molecule has 2 aliphatic rings. The van der Waals surface area contributed by atoms with Gasteiger partial charge in [0.2, 0.25) is 0 Å². The number of ether oxygens (including phenoxy) is 1. The standard InChI is InChI=1S/C17H32N4O3/c18-9-6-10-19-16(22)20-11-13-21(14-12-20)17(23)24-15-7-4-2-1-3-5-8-15/h15H,1-14,18H2,(H,19,22). The minimum atomic E-state index is -0.219. The Balaban J connectivity index is 1.68. The van der Waals surface area contributed by atoms with Gasteiger partial charge in [-0.3, -0.25) is 0 Å². The highest BCUT2D eigenvalue weighted by Gasteiger charge is 2.26. The molecule has 1 aliphatic carbocycles. The lowest BCUT2D eigenvalue weighted by Gasteiger charge is -2.35. The van der Waals surface area contributed by atoms with Crippen LogP contribution in [0.4, 0.5) is 9.59 Å². The van der Waals surface area contributed by atoms with Gasteiger partial charge >= 0.3 is 12.1 Å². The number of hydrogen-bond donors (Lipinski definition) is 2. The normalized spacial score (nSPS) is 20.2.